The fourth-order valence-corrected chi connectivity index (χ4v) is 4.32. The van der Waals surface area contributed by atoms with Gasteiger partial charge in [0.05, 0.1) is 12.6 Å². The van der Waals surface area contributed by atoms with Crippen LogP contribution in [0.1, 0.15) is 17.2 Å². The van der Waals surface area contributed by atoms with E-state index in [0.29, 0.717) is 18.8 Å². The number of aromatic nitrogens is 1. The number of nitrogens with zero attached hydrogens (tertiary/aromatic N) is 2. The molecule has 0 radical (unpaired) electrons. The Morgan fingerprint density at radius 1 is 1.21 bits per heavy atom. The average Bonchev–Trinajstić information content (AvgIpc) is 3.13. The van der Waals surface area contributed by atoms with Gasteiger partial charge in [0.25, 0.3) is 0 Å². The zero-order valence-electron chi connectivity index (χ0n) is 16.3. The number of carboxylic acids is 1. The number of para-hydroxylation sites is 1. The number of benzene rings is 2. The van der Waals surface area contributed by atoms with Crippen molar-refractivity contribution in [3.63, 3.8) is 0 Å². The summed E-state index contributed by atoms with van der Waals surface area (Å²) in [5, 5.41) is 11.6. The van der Waals surface area contributed by atoms with Gasteiger partial charge in [-0.1, -0.05) is 35.9 Å². The largest absolute Gasteiger partial charge is 0.495 e. The SMILES string of the molecule is COc1cccc2c(C(C(=O)O)N3CCN(Cc4cccc(Cl)c4)CC3)c[nH]c12. The predicted molar refractivity (Wildman–Crippen MR) is 114 cm³/mol. The number of H-pyrrole nitrogens is 1. The van der Waals surface area contributed by atoms with Gasteiger partial charge in [-0.25, -0.2) is 0 Å². The molecular formula is C22H24ClN3O3. The molecule has 0 spiro atoms. The summed E-state index contributed by atoms with van der Waals surface area (Å²) in [5.74, 6) is -0.124. The van der Waals surface area contributed by atoms with Crippen LogP contribution in [0, 0.1) is 0 Å². The predicted octanol–water partition coefficient (Wildman–Crippen LogP) is 3.77. The molecule has 2 heterocycles. The van der Waals surface area contributed by atoms with Crippen LogP contribution in [0.2, 0.25) is 5.02 Å². The minimum atomic E-state index is -0.836. The highest BCUT2D eigenvalue weighted by Gasteiger charge is 2.32. The summed E-state index contributed by atoms with van der Waals surface area (Å²) in [6.45, 7) is 3.81. The number of hydrogen-bond donors (Lipinski definition) is 2. The van der Waals surface area contributed by atoms with Gasteiger partial charge in [0, 0.05) is 54.9 Å². The lowest BCUT2D eigenvalue weighted by Gasteiger charge is -2.37. The number of carboxylic acid groups (broad SMARTS) is 1. The van der Waals surface area contributed by atoms with E-state index in [-0.39, 0.29) is 0 Å². The molecule has 0 saturated carbocycles. The van der Waals surface area contributed by atoms with Gasteiger partial charge >= 0.3 is 5.97 Å². The topological polar surface area (TPSA) is 68.8 Å². The van der Waals surface area contributed by atoms with Gasteiger partial charge in [0.1, 0.15) is 11.8 Å². The first kappa shape index (κ1) is 19.8. The van der Waals surface area contributed by atoms with Gasteiger partial charge in [0.2, 0.25) is 0 Å². The molecule has 0 aliphatic carbocycles. The monoisotopic (exact) mass is 413 g/mol. The number of hydrogen-bond acceptors (Lipinski definition) is 4. The van der Waals surface area contributed by atoms with E-state index in [9.17, 15) is 9.90 Å². The second-order valence-corrected chi connectivity index (χ2v) is 7.75. The van der Waals surface area contributed by atoms with Crippen molar-refractivity contribution >= 4 is 28.5 Å². The van der Waals surface area contributed by atoms with E-state index in [4.69, 9.17) is 16.3 Å². The third-order valence-electron chi connectivity index (χ3n) is 5.52. The Labute approximate surface area is 174 Å². The summed E-state index contributed by atoms with van der Waals surface area (Å²) >= 11 is 6.08. The fraction of sp³-hybridized carbons (Fsp3) is 0.318. The number of aliphatic carboxylic acids is 1. The Morgan fingerprint density at radius 2 is 1.97 bits per heavy atom. The first-order valence-corrected chi connectivity index (χ1v) is 10.0. The molecule has 6 nitrogen and oxygen atoms in total. The van der Waals surface area contributed by atoms with E-state index in [0.717, 1.165) is 41.1 Å². The molecule has 0 amide bonds. The van der Waals surface area contributed by atoms with Gasteiger partial charge in [-0.05, 0) is 23.8 Å². The van der Waals surface area contributed by atoms with Crippen LogP contribution in [0.15, 0.2) is 48.7 Å². The highest BCUT2D eigenvalue weighted by molar-refractivity contribution is 6.30. The van der Waals surface area contributed by atoms with Crippen molar-refractivity contribution in [1.29, 1.82) is 0 Å². The van der Waals surface area contributed by atoms with Crippen molar-refractivity contribution in [2.75, 3.05) is 33.3 Å². The third kappa shape index (κ3) is 4.10. The highest BCUT2D eigenvalue weighted by Crippen LogP contribution is 2.33. The van der Waals surface area contributed by atoms with Crippen LogP contribution in [-0.4, -0.2) is 59.1 Å². The van der Waals surface area contributed by atoms with Crippen LogP contribution < -0.4 is 4.74 Å². The summed E-state index contributed by atoms with van der Waals surface area (Å²) in [5.41, 5.74) is 2.77. The first-order chi connectivity index (χ1) is 14.1. The molecule has 1 fully saturated rings. The third-order valence-corrected chi connectivity index (χ3v) is 5.76. The molecule has 1 aliphatic rings. The van der Waals surface area contributed by atoms with E-state index in [1.54, 1.807) is 13.3 Å². The molecule has 7 heteroatoms. The summed E-state index contributed by atoms with van der Waals surface area (Å²) in [7, 11) is 1.61. The second kappa shape index (κ2) is 8.45. The van der Waals surface area contributed by atoms with Gasteiger partial charge < -0.3 is 14.8 Å². The Morgan fingerprint density at radius 3 is 2.66 bits per heavy atom. The molecule has 1 atom stereocenters. The lowest BCUT2D eigenvalue weighted by molar-refractivity contribution is -0.144. The Hall–Kier alpha value is -2.54. The number of methoxy groups -OCH3 is 1. The number of nitrogens with one attached hydrogen (secondary N) is 1. The lowest BCUT2D eigenvalue weighted by Crippen LogP contribution is -2.48. The van der Waals surface area contributed by atoms with Crippen LogP contribution >= 0.6 is 11.6 Å². The zero-order chi connectivity index (χ0) is 20.4. The van der Waals surface area contributed by atoms with Crippen LogP contribution in [-0.2, 0) is 11.3 Å². The maximum atomic E-state index is 12.2. The molecule has 1 unspecified atom stereocenters. The maximum Gasteiger partial charge on any atom is 0.325 e. The Kier molecular flexibility index (Phi) is 5.76. The first-order valence-electron chi connectivity index (χ1n) is 9.64. The fourth-order valence-electron chi connectivity index (χ4n) is 4.10. The van der Waals surface area contributed by atoms with Crippen molar-refractivity contribution in [2.24, 2.45) is 0 Å². The van der Waals surface area contributed by atoms with Crippen LogP contribution in [0.3, 0.4) is 0 Å². The number of rotatable bonds is 6. The maximum absolute atomic E-state index is 12.2. The number of carbonyl (C=O) groups is 1. The molecule has 1 saturated heterocycles. The summed E-state index contributed by atoms with van der Waals surface area (Å²) in [4.78, 5) is 19.8. The van der Waals surface area contributed by atoms with Crippen LogP contribution in [0.4, 0.5) is 0 Å². The minimum Gasteiger partial charge on any atom is -0.495 e. The molecule has 152 valence electrons. The number of aromatic amines is 1. The summed E-state index contributed by atoms with van der Waals surface area (Å²) in [6, 6.07) is 12.9. The Balaban J connectivity index is 1.50. The minimum absolute atomic E-state index is 0.689. The lowest BCUT2D eigenvalue weighted by atomic mass is 10.0. The second-order valence-electron chi connectivity index (χ2n) is 7.31. The average molecular weight is 414 g/mol. The van der Waals surface area contributed by atoms with E-state index < -0.39 is 12.0 Å². The van der Waals surface area contributed by atoms with Crippen molar-refractivity contribution in [1.82, 2.24) is 14.8 Å². The van der Waals surface area contributed by atoms with Gasteiger partial charge in [-0.3, -0.25) is 14.6 Å². The molecular weight excluding hydrogens is 390 g/mol. The van der Waals surface area contributed by atoms with Gasteiger partial charge in [0.15, 0.2) is 0 Å². The van der Waals surface area contributed by atoms with Crippen LogP contribution in [0.25, 0.3) is 10.9 Å². The molecule has 1 aliphatic heterocycles. The Bertz CT molecular complexity index is 1010. The molecule has 2 aromatic carbocycles. The smallest absolute Gasteiger partial charge is 0.325 e. The molecule has 3 aromatic rings. The highest BCUT2D eigenvalue weighted by atomic mass is 35.5. The van der Waals surface area contributed by atoms with E-state index in [1.165, 1.54) is 5.56 Å². The van der Waals surface area contributed by atoms with E-state index >= 15 is 0 Å². The van der Waals surface area contributed by atoms with Crippen molar-refractivity contribution in [2.45, 2.75) is 12.6 Å². The quantitative estimate of drug-likeness (QED) is 0.643. The van der Waals surface area contributed by atoms with Gasteiger partial charge in [-0.15, -0.1) is 0 Å². The van der Waals surface area contributed by atoms with Crippen LogP contribution in [0.5, 0.6) is 5.75 Å². The standard InChI is InChI=1S/C22H24ClN3O3/c1-29-19-7-3-6-17-18(13-24-20(17)19)21(22(27)28)26-10-8-25(9-11-26)14-15-4-2-5-16(23)12-15/h2-7,12-13,21,24H,8-11,14H2,1H3,(H,27,28). The molecule has 1 aromatic heterocycles. The summed E-state index contributed by atoms with van der Waals surface area (Å²) in [6.07, 6.45) is 1.80. The van der Waals surface area contributed by atoms with E-state index in [1.807, 2.05) is 41.3 Å². The molecule has 0 bridgehead atoms. The molecule has 29 heavy (non-hydrogen) atoms. The number of ether oxygens (including phenoxy) is 1. The van der Waals surface area contributed by atoms with E-state index in [2.05, 4.69) is 16.0 Å². The zero-order valence-corrected chi connectivity index (χ0v) is 17.0. The van der Waals surface area contributed by atoms with Crippen molar-refractivity contribution < 1.29 is 14.6 Å². The molecule has 2 N–H and O–H groups in total. The summed E-state index contributed by atoms with van der Waals surface area (Å²) < 4.78 is 5.40. The van der Waals surface area contributed by atoms with Crippen molar-refractivity contribution in [3.05, 3.63) is 64.8 Å². The van der Waals surface area contributed by atoms with Gasteiger partial charge in [-0.2, -0.15) is 0 Å². The number of halogens is 1. The molecule has 4 rings (SSSR count). The normalized spacial score (nSPS) is 16.8. The number of fused-ring (bicyclic) bond motifs is 1. The number of piperazine rings is 1. The van der Waals surface area contributed by atoms with Crippen molar-refractivity contribution in [3.8, 4) is 5.75 Å².